The van der Waals surface area contributed by atoms with Crippen LogP contribution in [-0.2, 0) is 0 Å². The Morgan fingerprint density at radius 1 is 1.17 bits per heavy atom. The lowest BCUT2D eigenvalue weighted by atomic mass is 10.0. The summed E-state index contributed by atoms with van der Waals surface area (Å²) in [5, 5.41) is 6.98. The van der Waals surface area contributed by atoms with Gasteiger partial charge in [-0.2, -0.15) is 0 Å². The van der Waals surface area contributed by atoms with E-state index in [1.54, 1.807) is 0 Å². The molecular weight excluding hydrogens is 413 g/mol. The van der Waals surface area contributed by atoms with E-state index in [2.05, 4.69) is 39.3 Å². The molecule has 0 spiro atoms. The molecular formula is C18H38IN5. The van der Waals surface area contributed by atoms with Gasteiger partial charge in [-0.15, -0.1) is 24.0 Å². The van der Waals surface area contributed by atoms with Crippen LogP contribution in [-0.4, -0.2) is 74.7 Å². The highest BCUT2D eigenvalue weighted by Crippen LogP contribution is 2.16. The Balaban J connectivity index is 0.00000288. The summed E-state index contributed by atoms with van der Waals surface area (Å²) >= 11 is 0. The average molecular weight is 451 g/mol. The largest absolute Gasteiger partial charge is 0.356 e. The maximum absolute atomic E-state index is 4.36. The van der Waals surface area contributed by atoms with E-state index in [1.807, 2.05) is 7.05 Å². The van der Waals surface area contributed by atoms with Gasteiger partial charge in [0.05, 0.1) is 0 Å². The van der Waals surface area contributed by atoms with Crippen molar-refractivity contribution in [1.29, 1.82) is 0 Å². The minimum Gasteiger partial charge on any atom is -0.356 e. The number of guanidine groups is 1. The van der Waals surface area contributed by atoms with Crippen molar-refractivity contribution in [1.82, 2.24) is 20.4 Å². The van der Waals surface area contributed by atoms with Crippen molar-refractivity contribution in [3.63, 3.8) is 0 Å². The van der Waals surface area contributed by atoms with Gasteiger partial charge in [0, 0.05) is 32.7 Å². The van der Waals surface area contributed by atoms with Crippen LogP contribution in [0.1, 0.15) is 46.0 Å². The molecule has 142 valence electrons. The van der Waals surface area contributed by atoms with Crippen molar-refractivity contribution in [2.75, 3.05) is 52.9 Å². The first kappa shape index (κ1) is 22.0. The fourth-order valence-electron chi connectivity index (χ4n) is 3.98. The van der Waals surface area contributed by atoms with E-state index in [0.717, 1.165) is 31.5 Å². The Labute approximate surface area is 166 Å². The van der Waals surface area contributed by atoms with Crippen LogP contribution >= 0.6 is 24.0 Å². The minimum atomic E-state index is 0. The summed E-state index contributed by atoms with van der Waals surface area (Å²) < 4.78 is 0. The predicted octanol–water partition coefficient (Wildman–Crippen LogP) is 2.38. The maximum atomic E-state index is 4.36. The Hall–Kier alpha value is -0.0800. The summed E-state index contributed by atoms with van der Waals surface area (Å²) in [5.74, 6) is 1.83. The fraction of sp³-hybridized carbons (Fsp3) is 0.944. The zero-order valence-electron chi connectivity index (χ0n) is 15.9. The van der Waals surface area contributed by atoms with Gasteiger partial charge in [0.25, 0.3) is 0 Å². The van der Waals surface area contributed by atoms with Crippen molar-refractivity contribution < 1.29 is 0 Å². The molecule has 0 saturated carbocycles. The predicted molar refractivity (Wildman–Crippen MR) is 115 cm³/mol. The second kappa shape index (κ2) is 12.3. The number of nitrogens with one attached hydrogen (secondary N) is 2. The van der Waals surface area contributed by atoms with Gasteiger partial charge < -0.3 is 15.5 Å². The Kier molecular flexibility index (Phi) is 11.3. The summed E-state index contributed by atoms with van der Waals surface area (Å²) in [5.41, 5.74) is 0. The monoisotopic (exact) mass is 451 g/mol. The number of hydrogen-bond donors (Lipinski definition) is 2. The first-order valence-corrected chi connectivity index (χ1v) is 9.63. The van der Waals surface area contributed by atoms with E-state index in [9.17, 15) is 0 Å². The summed E-state index contributed by atoms with van der Waals surface area (Å²) in [6.45, 7) is 12.8. The van der Waals surface area contributed by atoms with Gasteiger partial charge in [-0.05, 0) is 64.2 Å². The normalized spacial score (nSPS) is 26.2. The van der Waals surface area contributed by atoms with Crippen LogP contribution < -0.4 is 10.6 Å². The first-order chi connectivity index (χ1) is 11.2. The molecule has 0 aromatic carbocycles. The highest BCUT2D eigenvalue weighted by atomic mass is 127. The van der Waals surface area contributed by atoms with Gasteiger partial charge in [-0.1, -0.05) is 13.8 Å². The van der Waals surface area contributed by atoms with Crippen molar-refractivity contribution in [2.24, 2.45) is 10.9 Å². The molecule has 2 saturated heterocycles. The van der Waals surface area contributed by atoms with Crippen LogP contribution in [0, 0.1) is 5.92 Å². The summed E-state index contributed by atoms with van der Waals surface area (Å²) in [7, 11) is 1.87. The molecule has 0 amide bonds. The molecule has 6 heteroatoms. The molecule has 0 radical (unpaired) electrons. The molecule has 5 nitrogen and oxygen atoms in total. The fourth-order valence-corrected chi connectivity index (χ4v) is 3.98. The number of aliphatic imine (C=N–C) groups is 1. The van der Waals surface area contributed by atoms with E-state index in [4.69, 9.17) is 0 Å². The molecule has 2 aliphatic rings. The second-order valence-corrected chi connectivity index (χ2v) is 7.21. The van der Waals surface area contributed by atoms with Crippen LogP contribution in [0.15, 0.2) is 4.99 Å². The quantitative estimate of drug-likeness (QED) is 0.270. The summed E-state index contributed by atoms with van der Waals surface area (Å²) in [6.07, 6.45) is 6.61. The third kappa shape index (κ3) is 7.44. The average Bonchev–Trinajstić information content (AvgIpc) is 3.02. The summed E-state index contributed by atoms with van der Waals surface area (Å²) in [6, 6.07) is 0.674. The topological polar surface area (TPSA) is 42.9 Å². The number of nitrogens with zero attached hydrogens (tertiary/aromatic N) is 3. The number of piperidine rings is 1. The van der Waals surface area contributed by atoms with Crippen molar-refractivity contribution >= 4 is 29.9 Å². The second-order valence-electron chi connectivity index (χ2n) is 7.21. The van der Waals surface area contributed by atoms with E-state index in [0.29, 0.717) is 6.04 Å². The number of likely N-dealkylation sites (tertiary alicyclic amines) is 2. The van der Waals surface area contributed by atoms with Gasteiger partial charge in [0.1, 0.15) is 0 Å². The highest BCUT2D eigenvalue weighted by molar-refractivity contribution is 14.0. The molecule has 2 fully saturated rings. The minimum absolute atomic E-state index is 0. The van der Waals surface area contributed by atoms with E-state index in [-0.39, 0.29) is 24.0 Å². The number of rotatable bonds is 7. The van der Waals surface area contributed by atoms with Gasteiger partial charge in [-0.3, -0.25) is 9.89 Å². The number of hydrogen-bond acceptors (Lipinski definition) is 3. The lowest BCUT2D eigenvalue weighted by molar-refractivity contribution is 0.182. The van der Waals surface area contributed by atoms with Gasteiger partial charge in [0.2, 0.25) is 0 Å². The van der Waals surface area contributed by atoms with Crippen LogP contribution in [0.25, 0.3) is 0 Å². The van der Waals surface area contributed by atoms with Crippen molar-refractivity contribution in [3.8, 4) is 0 Å². The number of halogens is 1. The van der Waals surface area contributed by atoms with Crippen LogP contribution in [0.2, 0.25) is 0 Å². The lowest BCUT2D eigenvalue weighted by Crippen LogP contribution is -2.45. The maximum Gasteiger partial charge on any atom is 0.191 e. The van der Waals surface area contributed by atoms with Crippen LogP contribution in [0.4, 0.5) is 0 Å². The van der Waals surface area contributed by atoms with Gasteiger partial charge in [0.15, 0.2) is 5.96 Å². The zero-order chi connectivity index (χ0) is 16.5. The Morgan fingerprint density at radius 3 is 2.67 bits per heavy atom. The molecule has 0 aliphatic carbocycles. The van der Waals surface area contributed by atoms with Crippen LogP contribution in [0.3, 0.4) is 0 Å². The Morgan fingerprint density at radius 2 is 1.96 bits per heavy atom. The van der Waals surface area contributed by atoms with Gasteiger partial charge >= 0.3 is 0 Å². The van der Waals surface area contributed by atoms with Gasteiger partial charge in [-0.25, -0.2) is 0 Å². The molecule has 24 heavy (non-hydrogen) atoms. The SMILES string of the molecule is CCN1CCCC1CNC(=NC)NCCCN1CCCC(C)C1.I. The summed E-state index contributed by atoms with van der Waals surface area (Å²) in [4.78, 5) is 9.54. The van der Waals surface area contributed by atoms with Crippen LogP contribution in [0.5, 0.6) is 0 Å². The highest BCUT2D eigenvalue weighted by Gasteiger charge is 2.22. The van der Waals surface area contributed by atoms with Crippen molar-refractivity contribution in [2.45, 2.75) is 52.0 Å². The molecule has 2 rings (SSSR count). The van der Waals surface area contributed by atoms with E-state index >= 15 is 0 Å². The van der Waals surface area contributed by atoms with E-state index < -0.39 is 0 Å². The van der Waals surface area contributed by atoms with E-state index in [1.165, 1.54) is 58.3 Å². The zero-order valence-corrected chi connectivity index (χ0v) is 18.2. The number of likely N-dealkylation sites (N-methyl/N-ethyl adjacent to an activating group) is 1. The first-order valence-electron chi connectivity index (χ1n) is 9.63. The standard InChI is InChI=1S/C18H37N5.HI/c1-4-23-13-6-9-17(23)14-21-18(19-3)20-10-7-12-22-11-5-8-16(2)15-22;/h16-17H,4-15H2,1-3H3,(H2,19,20,21);1H. The van der Waals surface area contributed by atoms with Crippen molar-refractivity contribution in [3.05, 3.63) is 0 Å². The third-order valence-electron chi connectivity index (χ3n) is 5.32. The molecule has 0 aromatic rings. The molecule has 2 N–H and O–H groups in total. The molecule has 2 heterocycles. The smallest absolute Gasteiger partial charge is 0.191 e. The molecule has 0 aromatic heterocycles. The molecule has 2 aliphatic heterocycles. The lowest BCUT2D eigenvalue weighted by Gasteiger charge is -2.30. The molecule has 2 unspecified atom stereocenters. The molecule has 2 atom stereocenters. The molecule has 0 bridgehead atoms. The Bertz CT molecular complexity index is 363. The third-order valence-corrected chi connectivity index (χ3v) is 5.32.